The molecule has 2 nitrogen and oxygen atoms in total. The van der Waals surface area contributed by atoms with Gasteiger partial charge in [-0.1, -0.05) is 24.3 Å². The highest BCUT2D eigenvalue weighted by atomic mass is 16.5. The SMILES string of the molecule is CNC1CCCC1OC1CCCc2ccccc21. The topological polar surface area (TPSA) is 21.3 Å². The third kappa shape index (κ3) is 2.32. The second kappa shape index (κ2) is 5.41. The van der Waals surface area contributed by atoms with Crippen molar-refractivity contribution in [3.05, 3.63) is 35.4 Å². The van der Waals surface area contributed by atoms with Crippen molar-refractivity contribution in [2.24, 2.45) is 0 Å². The minimum absolute atomic E-state index is 0.328. The number of benzene rings is 1. The van der Waals surface area contributed by atoms with Crippen LogP contribution in [0.25, 0.3) is 0 Å². The number of nitrogens with one attached hydrogen (secondary N) is 1. The summed E-state index contributed by atoms with van der Waals surface area (Å²) in [7, 11) is 2.06. The predicted octanol–water partition coefficient (Wildman–Crippen LogP) is 3.22. The smallest absolute Gasteiger partial charge is 0.0832 e. The van der Waals surface area contributed by atoms with Gasteiger partial charge in [-0.05, 0) is 56.7 Å². The molecular formula is C16H23NO. The number of fused-ring (bicyclic) bond motifs is 1. The van der Waals surface area contributed by atoms with E-state index in [0.29, 0.717) is 18.2 Å². The Morgan fingerprint density at radius 1 is 1.11 bits per heavy atom. The Labute approximate surface area is 110 Å². The fourth-order valence-corrected chi connectivity index (χ4v) is 3.48. The van der Waals surface area contributed by atoms with E-state index < -0.39 is 0 Å². The second-order valence-corrected chi connectivity index (χ2v) is 5.58. The van der Waals surface area contributed by atoms with Crippen LogP contribution >= 0.6 is 0 Å². The molecule has 0 amide bonds. The lowest BCUT2D eigenvalue weighted by Crippen LogP contribution is -2.36. The highest BCUT2D eigenvalue weighted by molar-refractivity contribution is 5.31. The maximum Gasteiger partial charge on any atom is 0.0832 e. The third-order valence-corrected chi connectivity index (χ3v) is 4.48. The normalized spacial score (nSPS) is 31.3. The Bertz CT molecular complexity index is 404. The van der Waals surface area contributed by atoms with E-state index in [1.807, 2.05) is 0 Å². The molecule has 1 fully saturated rings. The fraction of sp³-hybridized carbons (Fsp3) is 0.625. The highest BCUT2D eigenvalue weighted by Gasteiger charge is 2.31. The molecule has 1 aromatic rings. The quantitative estimate of drug-likeness (QED) is 0.883. The van der Waals surface area contributed by atoms with E-state index in [2.05, 4.69) is 36.6 Å². The minimum Gasteiger partial charge on any atom is -0.369 e. The summed E-state index contributed by atoms with van der Waals surface area (Å²) in [6.07, 6.45) is 8.17. The van der Waals surface area contributed by atoms with Crippen LogP contribution in [0.3, 0.4) is 0 Å². The van der Waals surface area contributed by atoms with Crippen molar-refractivity contribution < 1.29 is 4.74 Å². The number of ether oxygens (including phenoxy) is 1. The van der Waals surface area contributed by atoms with E-state index in [4.69, 9.17) is 4.74 Å². The molecule has 3 unspecified atom stereocenters. The summed E-state index contributed by atoms with van der Waals surface area (Å²) in [6.45, 7) is 0. The summed E-state index contributed by atoms with van der Waals surface area (Å²) < 4.78 is 6.42. The number of aryl methyl sites for hydroxylation is 1. The maximum absolute atomic E-state index is 6.42. The van der Waals surface area contributed by atoms with Crippen LogP contribution in [-0.4, -0.2) is 19.2 Å². The van der Waals surface area contributed by atoms with Crippen LogP contribution in [0.4, 0.5) is 0 Å². The van der Waals surface area contributed by atoms with Crippen molar-refractivity contribution in [1.29, 1.82) is 0 Å². The average Bonchev–Trinajstić information content (AvgIpc) is 2.86. The molecule has 0 aliphatic heterocycles. The highest BCUT2D eigenvalue weighted by Crippen LogP contribution is 2.36. The van der Waals surface area contributed by atoms with Gasteiger partial charge in [-0.2, -0.15) is 0 Å². The first-order chi connectivity index (χ1) is 8.88. The molecule has 0 bridgehead atoms. The van der Waals surface area contributed by atoms with Gasteiger partial charge in [0, 0.05) is 6.04 Å². The zero-order valence-electron chi connectivity index (χ0n) is 11.2. The van der Waals surface area contributed by atoms with Gasteiger partial charge in [-0.3, -0.25) is 0 Å². The Morgan fingerprint density at radius 2 is 2.00 bits per heavy atom. The third-order valence-electron chi connectivity index (χ3n) is 4.48. The van der Waals surface area contributed by atoms with Crippen molar-refractivity contribution in [3.63, 3.8) is 0 Å². The summed E-state index contributed by atoms with van der Waals surface area (Å²) in [5.41, 5.74) is 2.93. The molecule has 0 aromatic heterocycles. The second-order valence-electron chi connectivity index (χ2n) is 5.58. The summed E-state index contributed by atoms with van der Waals surface area (Å²) >= 11 is 0. The molecule has 0 spiro atoms. The molecule has 1 N–H and O–H groups in total. The molecule has 0 saturated heterocycles. The van der Waals surface area contributed by atoms with E-state index in [9.17, 15) is 0 Å². The number of hydrogen-bond donors (Lipinski definition) is 1. The van der Waals surface area contributed by atoms with Gasteiger partial charge in [-0.25, -0.2) is 0 Å². The first kappa shape index (κ1) is 12.2. The Morgan fingerprint density at radius 3 is 2.89 bits per heavy atom. The predicted molar refractivity (Wildman–Crippen MR) is 73.7 cm³/mol. The zero-order valence-corrected chi connectivity index (χ0v) is 11.2. The molecule has 18 heavy (non-hydrogen) atoms. The monoisotopic (exact) mass is 245 g/mol. The Balaban J connectivity index is 1.74. The van der Waals surface area contributed by atoms with Crippen LogP contribution in [0.2, 0.25) is 0 Å². The molecule has 1 saturated carbocycles. The Hall–Kier alpha value is -0.860. The Kier molecular flexibility index (Phi) is 3.67. The summed E-state index contributed by atoms with van der Waals surface area (Å²) in [4.78, 5) is 0. The van der Waals surface area contributed by atoms with E-state index in [-0.39, 0.29) is 0 Å². The molecule has 2 aliphatic rings. The largest absolute Gasteiger partial charge is 0.369 e. The average molecular weight is 245 g/mol. The molecule has 98 valence electrons. The van der Waals surface area contributed by atoms with Crippen molar-refractivity contribution in [2.45, 2.75) is 56.8 Å². The van der Waals surface area contributed by atoms with Gasteiger partial charge in [0.2, 0.25) is 0 Å². The lowest BCUT2D eigenvalue weighted by molar-refractivity contribution is -0.0297. The molecule has 1 aromatic carbocycles. The van der Waals surface area contributed by atoms with Crippen LogP contribution in [0.5, 0.6) is 0 Å². The molecule has 0 radical (unpaired) electrons. The van der Waals surface area contributed by atoms with Crippen LogP contribution in [0, 0.1) is 0 Å². The van der Waals surface area contributed by atoms with Crippen molar-refractivity contribution in [1.82, 2.24) is 5.32 Å². The van der Waals surface area contributed by atoms with E-state index >= 15 is 0 Å². The lowest BCUT2D eigenvalue weighted by atomic mass is 9.89. The lowest BCUT2D eigenvalue weighted by Gasteiger charge is -2.30. The molecule has 0 heterocycles. The van der Waals surface area contributed by atoms with Gasteiger partial charge in [0.1, 0.15) is 0 Å². The number of likely N-dealkylation sites (N-methyl/N-ethyl adjacent to an activating group) is 1. The fourth-order valence-electron chi connectivity index (χ4n) is 3.48. The van der Waals surface area contributed by atoms with Crippen LogP contribution in [0.1, 0.15) is 49.3 Å². The van der Waals surface area contributed by atoms with Gasteiger partial charge < -0.3 is 10.1 Å². The van der Waals surface area contributed by atoms with E-state index in [1.54, 1.807) is 0 Å². The zero-order chi connectivity index (χ0) is 12.4. The molecule has 2 aliphatic carbocycles. The first-order valence-electron chi connectivity index (χ1n) is 7.29. The van der Waals surface area contributed by atoms with Gasteiger partial charge in [0.05, 0.1) is 12.2 Å². The molecule has 3 rings (SSSR count). The van der Waals surface area contributed by atoms with Crippen LogP contribution in [-0.2, 0) is 11.2 Å². The minimum atomic E-state index is 0.328. The summed E-state index contributed by atoms with van der Waals surface area (Å²) in [5.74, 6) is 0. The summed E-state index contributed by atoms with van der Waals surface area (Å²) in [5, 5.41) is 3.40. The van der Waals surface area contributed by atoms with Gasteiger partial charge in [0.25, 0.3) is 0 Å². The van der Waals surface area contributed by atoms with Crippen molar-refractivity contribution >= 4 is 0 Å². The maximum atomic E-state index is 6.42. The number of hydrogen-bond acceptors (Lipinski definition) is 2. The molecule has 3 atom stereocenters. The van der Waals surface area contributed by atoms with Gasteiger partial charge in [0.15, 0.2) is 0 Å². The first-order valence-corrected chi connectivity index (χ1v) is 7.29. The van der Waals surface area contributed by atoms with Crippen LogP contribution in [0.15, 0.2) is 24.3 Å². The van der Waals surface area contributed by atoms with Crippen molar-refractivity contribution in [2.75, 3.05) is 7.05 Å². The molecular weight excluding hydrogens is 222 g/mol. The van der Waals surface area contributed by atoms with E-state index in [0.717, 1.165) is 0 Å². The van der Waals surface area contributed by atoms with Crippen molar-refractivity contribution in [3.8, 4) is 0 Å². The van der Waals surface area contributed by atoms with E-state index in [1.165, 1.54) is 49.7 Å². The standard InChI is InChI=1S/C16H23NO/c1-17-14-9-5-11-16(14)18-15-10-4-7-12-6-2-3-8-13(12)15/h2-3,6,8,14-17H,4-5,7,9-11H2,1H3. The number of rotatable bonds is 3. The summed E-state index contributed by atoms with van der Waals surface area (Å²) in [6, 6.07) is 9.36. The van der Waals surface area contributed by atoms with Gasteiger partial charge in [-0.15, -0.1) is 0 Å². The van der Waals surface area contributed by atoms with Gasteiger partial charge >= 0.3 is 0 Å². The van der Waals surface area contributed by atoms with Crippen LogP contribution < -0.4 is 5.32 Å². The molecule has 2 heteroatoms.